The van der Waals surface area contributed by atoms with Crippen LogP contribution in [0, 0.1) is 6.92 Å². The highest BCUT2D eigenvalue weighted by Gasteiger charge is 2.06. The number of pyridine rings is 1. The molecule has 2 aromatic rings. The number of carboxylic acids is 1. The lowest BCUT2D eigenvalue weighted by molar-refractivity contribution is -0.688. The maximum absolute atomic E-state index is 10.7. The predicted octanol–water partition coefficient (Wildman–Crippen LogP) is -0.967. The van der Waals surface area contributed by atoms with Gasteiger partial charge in [-0.05, 0) is 13.0 Å². The standard InChI is InChI=1S/C14H13NO2.HI/c1-11-3-2-4-12(9-11)10-15-7-5-13(6-8-15)14(16)17;/h2-9H,10H2,1H3;1H. The largest absolute Gasteiger partial charge is 1.00 e. The fourth-order valence-electron chi connectivity index (χ4n) is 1.73. The molecule has 1 heterocycles. The van der Waals surface area contributed by atoms with Crippen LogP contribution >= 0.6 is 0 Å². The lowest BCUT2D eigenvalue weighted by atomic mass is 10.1. The Labute approximate surface area is 123 Å². The van der Waals surface area contributed by atoms with Crippen LogP contribution in [0.3, 0.4) is 0 Å². The Balaban J connectivity index is 0.00000162. The molecule has 4 heteroatoms. The molecule has 0 saturated carbocycles. The maximum Gasteiger partial charge on any atom is 0.336 e. The number of benzene rings is 1. The molecule has 0 atom stereocenters. The number of aryl methyl sites for hydroxylation is 1. The van der Waals surface area contributed by atoms with E-state index in [1.54, 1.807) is 24.5 Å². The smallest absolute Gasteiger partial charge is 0.336 e. The van der Waals surface area contributed by atoms with E-state index >= 15 is 0 Å². The van der Waals surface area contributed by atoms with Crippen molar-refractivity contribution in [2.24, 2.45) is 0 Å². The van der Waals surface area contributed by atoms with E-state index < -0.39 is 5.97 Å². The summed E-state index contributed by atoms with van der Waals surface area (Å²) in [5, 5.41) is 8.79. The van der Waals surface area contributed by atoms with Crippen LogP contribution in [0.2, 0.25) is 0 Å². The number of rotatable bonds is 3. The molecule has 0 spiro atoms. The van der Waals surface area contributed by atoms with Gasteiger partial charge in [0.25, 0.3) is 0 Å². The normalized spacial score (nSPS) is 9.61. The van der Waals surface area contributed by atoms with Gasteiger partial charge in [-0.25, -0.2) is 9.36 Å². The third-order valence-corrected chi connectivity index (χ3v) is 2.59. The van der Waals surface area contributed by atoms with Gasteiger partial charge < -0.3 is 29.1 Å². The van der Waals surface area contributed by atoms with Crippen LogP contribution in [0.1, 0.15) is 21.5 Å². The molecular formula is C14H14INO2. The van der Waals surface area contributed by atoms with Crippen LogP contribution in [-0.4, -0.2) is 11.1 Å². The van der Waals surface area contributed by atoms with Crippen molar-refractivity contribution >= 4 is 5.97 Å². The lowest BCUT2D eigenvalue weighted by Crippen LogP contribution is -3.00. The van der Waals surface area contributed by atoms with Crippen molar-refractivity contribution < 1.29 is 38.4 Å². The van der Waals surface area contributed by atoms with E-state index in [0.29, 0.717) is 5.56 Å². The summed E-state index contributed by atoms with van der Waals surface area (Å²) in [5.74, 6) is -0.896. The third kappa shape index (κ3) is 3.80. The zero-order valence-electron chi connectivity index (χ0n) is 10.0. The van der Waals surface area contributed by atoms with Crippen LogP contribution in [0.5, 0.6) is 0 Å². The van der Waals surface area contributed by atoms with Gasteiger partial charge in [-0.3, -0.25) is 0 Å². The number of aromatic carboxylic acids is 1. The van der Waals surface area contributed by atoms with Crippen molar-refractivity contribution in [2.45, 2.75) is 13.5 Å². The summed E-state index contributed by atoms with van der Waals surface area (Å²) in [6, 6.07) is 11.5. The Kier molecular flexibility index (Phi) is 5.27. The van der Waals surface area contributed by atoms with E-state index in [0.717, 1.165) is 6.54 Å². The summed E-state index contributed by atoms with van der Waals surface area (Å²) >= 11 is 0. The van der Waals surface area contributed by atoms with E-state index in [4.69, 9.17) is 5.11 Å². The van der Waals surface area contributed by atoms with Crippen molar-refractivity contribution in [3.8, 4) is 0 Å². The fourth-order valence-corrected chi connectivity index (χ4v) is 1.73. The van der Waals surface area contributed by atoms with Gasteiger partial charge in [0.2, 0.25) is 0 Å². The Morgan fingerprint density at radius 2 is 1.89 bits per heavy atom. The molecule has 94 valence electrons. The molecule has 0 aliphatic rings. The van der Waals surface area contributed by atoms with E-state index in [-0.39, 0.29) is 24.0 Å². The molecule has 0 saturated heterocycles. The predicted molar refractivity (Wildman–Crippen MR) is 63.9 cm³/mol. The van der Waals surface area contributed by atoms with Gasteiger partial charge in [-0.1, -0.05) is 23.8 Å². The van der Waals surface area contributed by atoms with Crippen LogP contribution in [-0.2, 0) is 6.54 Å². The minimum Gasteiger partial charge on any atom is -1.00 e. The third-order valence-electron chi connectivity index (χ3n) is 2.59. The van der Waals surface area contributed by atoms with Gasteiger partial charge in [0.1, 0.15) is 0 Å². The Morgan fingerprint density at radius 3 is 2.44 bits per heavy atom. The SMILES string of the molecule is Cc1cccc(C[n+]2ccc(C(=O)O)cc2)c1.[I-]. The van der Waals surface area contributed by atoms with Crippen molar-refractivity contribution in [1.29, 1.82) is 0 Å². The minimum absolute atomic E-state index is 0. The molecule has 1 aromatic carbocycles. The van der Waals surface area contributed by atoms with E-state index in [2.05, 4.69) is 25.1 Å². The number of nitrogens with zero attached hydrogens (tertiary/aromatic N) is 1. The first-order chi connectivity index (χ1) is 8.15. The molecule has 0 radical (unpaired) electrons. The summed E-state index contributed by atoms with van der Waals surface area (Å²) in [7, 11) is 0. The second-order valence-corrected chi connectivity index (χ2v) is 4.05. The zero-order chi connectivity index (χ0) is 12.3. The van der Waals surface area contributed by atoms with Crippen LogP contribution in [0.4, 0.5) is 0 Å². The molecule has 2 rings (SSSR count). The topological polar surface area (TPSA) is 41.2 Å². The summed E-state index contributed by atoms with van der Waals surface area (Å²) in [6.07, 6.45) is 3.57. The molecule has 18 heavy (non-hydrogen) atoms. The van der Waals surface area contributed by atoms with Gasteiger partial charge in [0.15, 0.2) is 18.9 Å². The Bertz CT molecular complexity index is 538. The summed E-state index contributed by atoms with van der Waals surface area (Å²) < 4.78 is 1.96. The molecule has 0 aliphatic heterocycles. The Hall–Kier alpha value is -1.43. The molecule has 1 N–H and O–H groups in total. The van der Waals surface area contributed by atoms with E-state index in [1.165, 1.54) is 11.1 Å². The van der Waals surface area contributed by atoms with Gasteiger partial charge in [0, 0.05) is 17.7 Å². The maximum atomic E-state index is 10.7. The van der Waals surface area contributed by atoms with Gasteiger partial charge >= 0.3 is 5.97 Å². The second kappa shape index (κ2) is 6.49. The first-order valence-electron chi connectivity index (χ1n) is 5.43. The average Bonchev–Trinajstić information content (AvgIpc) is 2.29. The summed E-state index contributed by atoms with van der Waals surface area (Å²) in [4.78, 5) is 10.7. The second-order valence-electron chi connectivity index (χ2n) is 4.05. The first-order valence-corrected chi connectivity index (χ1v) is 5.43. The monoisotopic (exact) mass is 355 g/mol. The van der Waals surface area contributed by atoms with Crippen molar-refractivity contribution in [3.63, 3.8) is 0 Å². The average molecular weight is 355 g/mol. The molecule has 1 aromatic heterocycles. The van der Waals surface area contributed by atoms with Crippen LogP contribution in [0.15, 0.2) is 48.8 Å². The number of carboxylic acid groups (broad SMARTS) is 1. The lowest BCUT2D eigenvalue weighted by Gasteiger charge is -1.99. The molecule has 0 unspecified atom stereocenters. The van der Waals surface area contributed by atoms with Gasteiger partial charge in [-0.15, -0.1) is 0 Å². The quantitative estimate of drug-likeness (QED) is 0.569. The number of carbonyl (C=O) groups is 1. The minimum atomic E-state index is -0.896. The van der Waals surface area contributed by atoms with Gasteiger partial charge in [-0.2, -0.15) is 0 Å². The molecule has 0 amide bonds. The number of aromatic nitrogens is 1. The van der Waals surface area contributed by atoms with Crippen LogP contribution < -0.4 is 28.5 Å². The molecule has 0 bridgehead atoms. The molecule has 0 aliphatic carbocycles. The van der Waals surface area contributed by atoms with E-state index in [9.17, 15) is 4.79 Å². The molecular weight excluding hydrogens is 341 g/mol. The highest BCUT2D eigenvalue weighted by Crippen LogP contribution is 2.03. The van der Waals surface area contributed by atoms with Crippen molar-refractivity contribution in [3.05, 3.63) is 65.5 Å². The summed E-state index contributed by atoms with van der Waals surface area (Å²) in [5.41, 5.74) is 2.74. The van der Waals surface area contributed by atoms with Crippen molar-refractivity contribution in [1.82, 2.24) is 0 Å². The summed E-state index contributed by atoms with van der Waals surface area (Å²) in [6.45, 7) is 2.81. The Morgan fingerprint density at radius 1 is 1.22 bits per heavy atom. The van der Waals surface area contributed by atoms with Gasteiger partial charge in [0.05, 0.1) is 5.56 Å². The number of hydrogen-bond donors (Lipinski definition) is 1. The highest BCUT2D eigenvalue weighted by atomic mass is 127. The number of hydrogen-bond acceptors (Lipinski definition) is 1. The van der Waals surface area contributed by atoms with E-state index in [1.807, 2.05) is 10.6 Å². The number of halogens is 1. The fraction of sp³-hybridized carbons (Fsp3) is 0.143. The first kappa shape index (κ1) is 14.6. The molecule has 3 nitrogen and oxygen atoms in total. The highest BCUT2D eigenvalue weighted by molar-refractivity contribution is 5.87. The van der Waals surface area contributed by atoms with Crippen molar-refractivity contribution in [2.75, 3.05) is 0 Å². The van der Waals surface area contributed by atoms with Crippen LogP contribution in [0.25, 0.3) is 0 Å². The zero-order valence-corrected chi connectivity index (χ0v) is 12.2. The molecule has 0 fully saturated rings.